The molecule has 0 radical (unpaired) electrons. The number of aromatic nitrogens is 1. The molecule has 0 aliphatic rings. The molecule has 0 spiro atoms. The summed E-state index contributed by atoms with van der Waals surface area (Å²) in [6.07, 6.45) is 4.21. The van der Waals surface area contributed by atoms with Gasteiger partial charge in [-0.25, -0.2) is 4.98 Å². The highest BCUT2D eigenvalue weighted by atomic mass is 33.1. The van der Waals surface area contributed by atoms with Crippen molar-refractivity contribution in [3.63, 3.8) is 0 Å². The molecule has 0 aromatic carbocycles. The standard InChI is InChI=1S/C21H31N3O4S2/c1-4-16(13-23-18(25)9-10-20(26)27)12-17(5-2)14-24-21(28)15(3)29-30-19-8-6-7-11-22-19/h6-8,11,16-17H,3-5,9-10,12-14H2,1-2H3,(H,23,25)(H,24,28)(H,26,27). The summed E-state index contributed by atoms with van der Waals surface area (Å²) in [5, 5.41) is 15.2. The number of carbonyl (C=O) groups excluding carboxylic acids is 2. The van der Waals surface area contributed by atoms with Crippen molar-refractivity contribution in [2.75, 3.05) is 13.1 Å². The molecule has 166 valence electrons. The van der Waals surface area contributed by atoms with E-state index in [4.69, 9.17) is 5.11 Å². The number of amides is 2. The molecule has 1 aromatic rings. The first kappa shape index (κ1) is 26.0. The summed E-state index contributed by atoms with van der Waals surface area (Å²) in [4.78, 5) is 39.2. The molecule has 30 heavy (non-hydrogen) atoms. The van der Waals surface area contributed by atoms with Gasteiger partial charge in [0.1, 0.15) is 5.03 Å². The Bertz CT molecular complexity index is 701. The summed E-state index contributed by atoms with van der Waals surface area (Å²) in [7, 11) is 2.69. The van der Waals surface area contributed by atoms with Gasteiger partial charge in [0.2, 0.25) is 5.91 Å². The maximum absolute atomic E-state index is 12.3. The maximum atomic E-state index is 12.3. The van der Waals surface area contributed by atoms with Gasteiger partial charge in [-0.05, 0) is 52.0 Å². The monoisotopic (exact) mass is 453 g/mol. The Kier molecular flexibility index (Phi) is 12.9. The van der Waals surface area contributed by atoms with Gasteiger partial charge in [0, 0.05) is 25.7 Å². The van der Waals surface area contributed by atoms with E-state index < -0.39 is 5.97 Å². The van der Waals surface area contributed by atoms with Crippen molar-refractivity contribution in [1.29, 1.82) is 0 Å². The van der Waals surface area contributed by atoms with Crippen LogP contribution in [0.4, 0.5) is 0 Å². The number of nitrogens with one attached hydrogen (secondary N) is 2. The van der Waals surface area contributed by atoms with Crippen LogP contribution in [0.3, 0.4) is 0 Å². The predicted octanol–water partition coefficient (Wildman–Crippen LogP) is 3.88. The second kappa shape index (κ2) is 14.9. The van der Waals surface area contributed by atoms with Gasteiger partial charge >= 0.3 is 5.97 Å². The molecule has 9 heteroatoms. The average Bonchev–Trinajstić information content (AvgIpc) is 2.75. The maximum Gasteiger partial charge on any atom is 0.303 e. The number of carboxylic acid groups (broad SMARTS) is 1. The smallest absolute Gasteiger partial charge is 0.303 e. The lowest BCUT2D eigenvalue weighted by Crippen LogP contribution is -2.33. The second-order valence-electron chi connectivity index (χ2n) is 6.95. The highest BCUT2D eigenvalue weighted by Gasteiger charge is 2.17. The van der Waals surface area contributed by atoms with Crippen LogP contribution in [0.5, 0.6) is 0 Å². The summed E-state index contributed by atoms with van der Waals surface area (Å²) >= 11 is 0. The summed E-state index contributed by atoms with van der Waals surface area (Å²) in [5.41, 5.74) is 0. The van der Waals surface area contributed by atoms with E-state index >= 15 is 0 Å². The van der Waals surface area contributed by atoms with Gasteiger partial charge in [0.15, 0.2) is 0 Å². The first-order valence-corrected chi connectivity index (χ1v) is 12.2. The fourth-order valence-corrected chi connectivity index (χ4v) is 4.34. The second-order valence-corrected chi connectivity index (χ2v) is 9.19. The first-order valence-electron chi connectivity index (χ1n) is 10.1. The van der Waals surface area contributed by atoms with Crippen LogP contribution in [0.1, 0.15) is 46.0 Å². The van der Waals surface area contributed by atoms with Crippen LogP contribution in [-0.4, -0.2) is 41.0 Å². The van der Waals surface area contributed by atoms with E-state index in [2.05, 4.69) is 36.0 Å². The molecule has 0 fully saturated rings. The Morgan fingerprint density at radius 3 is 2.33 bits per heavy atom. The minimum Gasteiger partial charge on any atom is -0.481 e. The number of nitrogens with zero attached hydrogens (tertiary/aromatic N) is 1. The Labute approximate surface area is 186 Å². The lowest BCUT2D eigenvalue weighted by atomic mass is 9.90. The Hall–Kier alpha value is -2.00. The van der Waals surface area contributed by atoms with E-state index in [-0.39, 0.29) is 36.5 Å². The first-order chi connectivity index (χ1) is 14.3. The fourth-order valence-electron chi connectivity index (χ4n) is 2.69. The van der Waals surface area contributed by atoms with E-state index in [0.29, 0.717) is 18.0 Å². The summed E-state index contributed by atoms with van der Waals surface area (Å²) in [5.74, 6) is -0.834. The fraction of sp³-hybridized carbons (Fsp3) is 0.524. The van der Waals surface area contributed by atoms with Crippen molar-refractivity contribution in [2.24, 2.45) is 11.8 Å². The quantitative estimate of drug-likeness (QED) is 0.273. The molecule has 2 unspecified atom stereocenters. The van der Waals surface area contributed by atoms with Gasteiger partial charge < -0.3 is 15.7 Å². The molecule has 0 aliphatic heterocycles. The number of aliphatic carboxylic acids is 1. The zero-order valence-corrected chi connectivity index (χ0v) is 19.2. The highest BCUT2D eigenvalue weighted by Crippen LogP contribution is 2.34. The molecular weight excluding hydrogens is 422 g/mol. The van der Waals surface area contributed by atoms with Crippen molar-refractivity contribution >= 4 is 39.4 Å². The van der Waals surface area contributed by atoms with Gasteiger partial charge in [0.25, 0.3) is 5.91 Å². The van der Waals surface area contributed by atoms with Gasteiger partial charge in [-0.3, -0.25) is 14.4 Å². The lowest BCUT2D eigenvalue weighted by Gasteiger charge is -2.22. The van der Waals surface area contributed by atoms with Crippen LogP contribution in [-0.2, 0) is 14.4 Å². The van der Waals surface area contributed by atoms with E-state index in [1.807, 2.05) is 18.2 Å². The number of carbonyl (C=O) groups is 3. The Morgan fingerprint density at radius 1 is 1.10 bits per heavy atom. The number of hydrogen-bond donors (Lipinski definition) is 3. The zero-order chi connectivity index (χ0) is 22.4. The van der Waals surface area contributed by atoms with Gasteiger partial charge in [0.05, 0.1) is 11.3 Å². The predicted molar refractivity (Wildman–Crippen MR) is 122 cm³/mol. The van der Waals surface area contributed by atoms with Crippen LogP contribution in [0.25, 0.3) is 0 Å². The van der Waals surface area contributed by atoms with Crippen molar-refractivity contribution < 1.29 is 19.5 Å². The molecule has 0 aliphatic carbocycles. The van der Waals surface area contributed by atoms with Gasteiger partial charge in [-0.2, -0.15) is 0 Å². The van der Waals surface area contributed by atoms with Crippen molar-refractivity contribution in [3.8, 4) is 0 Å². The normalized spacial score (nSPS) is 12.6. The highest BCUT2D eigenvalue weighted by molar-refractivity contribution is 8.78. The molecule has 1 heterocycles. The van der Waals surface area contributed by atoms with Crippen LogP contribution in [0.2, 0.25) is 0 Å². The average molecular weight is 454 g/mol. The summed E-state index contributed by atoms with van der Waals surface area (Å²) in [6.45, 7) is 9.05. The largest absolute Gasteiger partial charge is 0.481 e. The van der Waals surface area contributed by atoms with Crippen LogP contribution >= 0.6 is 21.6 Å². The molecule has 2 amide bonds. The van der Waals surface area contributed by atoms with Crippen LogP contribution in [0, 0.1) is 11.8 Å². The Balaban J connectivity index is 2.36. The number of hydrogen-bond acceptors (Lipinski definition) is 6. The third-order valence-corrected chi connectivity index (χ3v) is 6.89. The summed E-state index contributed by atoms with van der Waals surface area (Å²) in [6, 6.07) is 5.61. The lowest BCUT2D eigenvalue weighted by molar-refractivity contribution is -0.138. The summed E-state index contributed by atoms with van der Waals surface area (Å²) < 4.78 is 0. The molecule has 3 N–H and O–H groups in total. The van der Waals surface area contributed by atoms with E-state index in [0.717, 1.165) is 24.3 Å². The molecule has 0 saturated carbocycles. The number of carboxylic acids is 1. The SMILES string of the molecule is C=C(SSc1ccccn1)C(=O)NCC(CC)CC(CC)CNC(=O)CCC(=O)O. The molecule has 0 bridgehead atoms. The molecular formula is C21H31N3O4S2. The molecule has 7 nitrogen and oxygen atoms in total. The number of pyridine rings is 1. The van der Waals surface area contributed by atoms with Gasteiger partial charge in [-0.1, -0.05) is 39.3 Å². The van der Waals surface area contributed by atoms with Crippen molar-refractivity contribution in [1.82, 2.24) is 15.6 Å². The molecule has 2 atom stereocenters. The van der Waals surface area contributed by atoms with Gasteiger partial charge in [-0.15, -0.1) is 0 Å². The zero-order valence-electron chi connectivity index (χ0n) is 17.6. The molecule has 0 saturated heterocycles. The minimum absolute atomic E-state index is 0.00464. The van der Waals surface area contributed by atoms with E-state index in [9.17, 15) is 14.4 Å². The molecule has 1 aromatic heterocycles. The van der Waals surface area contributed by atoms with E-state index in [1.54, 1.807) is 6.20 Å². The minimum atomic E-state index is -0.975. The molecule has 1 rings (SSSR count). The van der Waals surface area contributed by atoms with E-state index in [1.165, 1.54) is 21.6 Å². The topological polar surface area (TPSA) is 108 Å². The third-order valence-electron chi connectivity index (χ3n) is 4.65. The Morgan fingerprint density at radius 2 is 1.77 bits per heavy atom. The van der Waals surface area contributed by atoms with Crippen LogP contribution < -0.4 is 10.6 Å². The third kappa shape index (κ3) is 11.3. The van der Waals surface area contributed by atoms with Crippen molar-refractivity contribution in [3.05, 3.63) is 35.9 Å². The number of rotatable bonds is 15. The van der Waals surface area contributed by atoms with Crippen molar-refractivity contribution in [2.45, 2.75) is 51.0 Å². The van der Waals surface area contributed by atoms with Crippen LogP contribution in [0.15, 0.2) is 40.9 Å².